The van der Waals surface area contributed by atoms with Gasteiger partial charge in [-0.25, -0.2) is 0 Å². The molecule has 4 rings (SSSR count). The van der Waals surface area contributed by atoms with Crippen LogP contribution in [0.1, 0.15) is 6.42 Å². The van der Waals surface area contributed by atoms with E-state index in [2.05, 4.69) is 0 Å². The van der Waals surface area contributed by atoms with E-state index in [-0.39, 0.29) is 30.6 Å². The Morgan fingerprint density at radius 1 is 1.40 bits per heavy atom. The van der Waals surface area contributed by atoms with Gasteiger partial charge in [-0.15, -0.1) is 0 Å². The number of hydrogen-bond acceptors (Lipinski definition) is 6. The molecule has 3 fully saturated rings. The van der Waals surface area contributed by atoms with Gasteiger partial charge in [0.15, 0.2) is 8.32 Å². The first-order chi connectivity index (χ1) is 11.8. The van der Waals surface area contributed by atoms with Gasteiger partial charge in [0, 0.05) is 6.54 Å². The van der Waals surface area contributed by atoms with Crippen LogP contribution in [0.2, 0.25) is 19.1 Å². The zero-order valence-electron chi connectivity index (χ0n) is 14.6. The molecule has 5 atom stereocenters. The topological polar surface area (TPSA) is 88.6 Å². The number of likely N-dealkylation sites (tertiary alicyclic amines) is 1. The molecule has 5 unspecified atom stereocenters. The van der Waals surface area contributed by atoms with Crippen molar-refractivity contribution < 1.29 is 28.6 Å². The van der Waals surface area contributed by atoms with E-state index >= 15 is 0 Å². The maximum absolute atomic E-state index is 12.9. The molecule has 2 amide bonds. The van der Waals surface area contributed by atoms with Crippen LogP contribution in [0.4, 0.5) is 0 Å². The van der Waals surface area contributed by atoms with E-state index in [1.165, 1.54) is 4.90 Å². The fraction of sp³-hybridized carbons (Fsp3) is 0.765. The molecule has 138 valence electrons. The van der Waals surface area contributed by atoms with Crippen molar-refractivity contribution in [2.75, 3.05) is 26.4 Å². The molecule has 0 aromatic rings. The van der Waals surface area contributed by atoms with Gasteiger partial charge in [0.1, 0.15) is 11.7 Å². The lowest BCUT2D eigenvalue weighted by atomic mass is 9.77. The maximum Gasteiger partial charge on any atom is 0.236 e. The van der Waals surface area contributed by atoms with Crippen molar-refractivity contribution in [2.45, 2.75) is 43.4 Å². The summed E-state index contributed by atoms with van der Waals surface area (Å²) in [5, 5.41) is 0. The number of hydrogen-bond donors (Lipinski definition) is 1. The van der Waals surface area contributed by atoms with Crippen molar-refractivity contribution >= 4 is 20.1 Å². The fourth-order valence-electron chi connectivity index (χ4n) is 4.13. The Balaban J connectivity index is 1.43. The minimum Gasteiger partial charge on any atom is -0.432 e. The monoisotopic (exact) mass is 367 g/mol. The lowest BCUT2D eigenvalue weighted by Gasteiger charge is -2.28. The number of epoxide rings is 1. The van der Waals surface area contributed by atoms with Crippen LogP contribution < -0.4 is 0 Å². The predicted molar refractivity (Wildman–Crippen MR) is 90.1 cm³/mol. The molecule has 7 nitrogen and oxygen atoms in total. The first-order valence-electron chi connectivity index (χ1n) is 8.95. The van der Waals surface area contributed by atoms with Gasteiger partial charge < -0.3 is 19.0 Å². The average molecular weight is 367 g/mol. The molecule has 0 aromatic heterocycles. The number of carbonyl (C=O) groups excluding carboxylic acids is 2. The summed E-state index contributed by atoms with van der Waals surface area (Å²) in [6, 6.07) is 0.674. The first kappa shape index (κ1) is 17.4. The van der Waals surface area contributed by atoms with Crippen molar-refractivity contribution in [2.24, 2.45) is 11.8 Å². The second-order valence-electron chi connectivity index (χ2n) is 8.11. The van der Waals surface area contributed by atoms with Gasteiger partial charge in [-0.2, -0.15) is 0 Å². The molecule has 2 bridgehead atoms. The van der Waals surface area contributed by atoms with E-state index in [1.54, 1.807) is 0 Å². The van der Waals surface area contributed by atoms with Crippen LogP contribution in [-0.2, 0) is 23.8 Å². The van der Waals surface area contributed by atoms with Gasteiger partial charge in [-0.3, -0.25) is 14.5 Å². The predicted octanol–water partition coefficient (Wildman–Crippen LogP) is 0.298. The number of fused-ring (bicyclic) bond motifs is 5. The zero-order chi connectivity index (χ0) is 17.8. The van der Waals surface area contributed by atoms with Crippen molar-refractivity contribution in [1.82, 2.24) is 4.90 Å². The van der Waals surface area contributed by atoms with E-state index in [0.29, 0.717) is 32.2 Å². The van der Waals surface area contributed by atoms with E-state index in [1.807, 2.05) is 25.2 Å². The summed E-state index contributed by atoms with van der Waals surface area (Å²) in [5.41, 5.74) is -0.823. The molecule has 4 aliphatic heterocycles. The second-order valence-corrected chi connectivity index (χ2v) is 12.2. The Morgan fingerprint density at radius 3 is 2.84 bits per heavy atom. The van der Waals surface area contributed by atoms with Crippen LogP contribution in [0.25, 0.3) is 0 Å². The molecule has 0 aromatic carbocycles. The Morgan fingerprint density at radius 2 is 2.16 bits per heavy atom. The highest BCUT2D eigenvalue weighted by molar-refractivity contribution is 6.69. The summed E-state index contributed by atoms with van der Waals surface area (Å²) in [4.78, 5) is 37.0. The van der Waals surface area contributed by atoms with Crippen molar-refractivity contribution in [1.29, 1.82) is 0 Å². The standard InChI is InChI=1S/C17H25NO6Si/c1-25(2,21)7-3-6-18-15(19)13-12-4-5-17(24-12,14(13)16(18)20)10-22-8-11-9-23-11/h4-5,11-14,21H,3,6-10H2,1-2H3. The molecule has 1 N–H and O–H groups in total. The summed E-state index contributed by atoms with van der Waals surface area (Å²) in [6.07, 6.45) is 4.24. The fourth-order valence-corrected chi connectivity index (χ4v) is 5.15. The lowest BCUT2D eigenvalue weighted by Crippen LogP contribution is -2.44. The highest BCUT2D eigenvalue weighted by atomic mass is 28.4. The van der Waals surface area contributed by atoms with Crippen molar-refractivity contribution in [3.8, 4) is 0 Å². The van der Waals surface area contributed by atoms with Gasteiger partial charge >= 0.3 is 0 Å². The normalized spacial score (nSPS) is 38.8. The number of amides is 2. The first-order valence-corrected chi connectivity index (χ1v) is 12.1. The minimum absolute atomic E-state index is 0.144. The third kappa shape index (κ3) is 3.10. The molecule has 8 heteroatoms. The Bertz CT molecular complexity index is 613. The van der Waals surface area contributed by atoms with E-state index < -0.39 is 25.8 Å². The molecular formula is C17H25NO6Si. The highest BCUT2D eigenvalue weighted by Crippen LogP contribution is 2.52. The smallest absolute Gasteiger partial charge is 0.236 e. The van der Waals surface area contributed by atoms with E-state index in [0.717, 1.165) is 0 Å². The summed E-state index contributed by atoms with van der Waals surface area (Å²) < 4.78 is 16.8. The molecule has 0 radical (unpaired) electrons. The second kappa shape index (κ2) is 5.99. The van der Waals surface area contributed by atoms with Crippen molar-refractivity contribution in [3.05, 3.63) is 12.2 Å². The van der Waals surface area contributed by atoms with Crippen LogP contribution in [0.3, 0.4) is 0 Å². The van der Waals surface area contributed by atoms with Crippen LogP contribution in [-0.4, -0.2) is 74.0 Å². The van der Waals surface area contributed by atoms with Gasteiger partial charge in [0.05, 0.1) is 37.8 Å². The molecular weight excluding hydrogens is 342 g/mol. The number of nitrogens with zero attached hydrogens (tertiary/aromatic N) is 1. The molecule has 0 aliphatic carbocycles. The summed E-state index contributed by atoms with van der Waals surface area (Å²) >= 11 is 0. The summed E-state index contributed by atoms with van der Waals surface area (Å²) in [7, 11) is -2.17. The third-order valence-electron chi connectivity index (χ3n) is 5.45. The number of rotatable bonds is 8. The molecule has 4 aliphatic rings. The largest absolute Gasteiger partial charge is 0.432 e. The number of imide groups is 1. The number of ether oxygens (including phenoxy) is 3. The molecule has 25 heavy (non-hydrogen) atoms. The van der Waals surface area contributed by atoms with Gasteiger partial charge in [-0.1, -0.05) is 12.2 Å². The molecule has 0 saturated carbocycles. The molecule has 0 spiro atoms. The van der Waals surface area contributed by atoms with Crippen LogP contribution in [0, 0.1) is 11.8 Å². The van der Waals surface area contributed by atoms with E-state index in [9.17, 15) is 14.4 Å². The Hall–Kier alpha value is -1.06. The van der Waals surface area contributed by atoms with Gasteiger partial charge in [0.25, 0.3) is 0 Å². The quantitative estimate of drug-likeness (QED) is 0.287. The summed E-state index contributed by atoms with van der Waals surface area (Å²) in [6.45, 7) is 5.58. The van der Waals surface area contributed by atoms with Crippen LogP contribution in [0.15, 0.2) is 12.2 Å². The molecule has 4 heterocycles. The van der Waals surface area contributed by atoms with Crippen molar-refractivity contribution in [3.63, 3.8) is 0 Å². The number of carbonyl (C=O) groups is 2. The van der Waals surface area contributed by atoms with Crippen LogP contribution >= 0.6 is 0 Å². The maximum atomic E-state index is 12.9. The minimum atomic E-state index is -2.17. The van der Waals surface area contributed by atoms with E-state index in [4.69, 9.17) is 14.2 Å². The lowest BCUT2D eigenvalue weighted by molar-refractivity contribution is -0.146. The molecule has 3 saturated heterocycles. The van der Waals surface area contributed by atoms with Gasteiger partial charge in [-0.05, 0) is 25.6 Å². The SMILES string of the molecule is C[Si](C)(O)CCCN1C(=O)C2C3C=CC(COCC4CO4)(O3)C2C1=O. The average Bonchev–Trinajstić information content (AvgIpc) is 3.09. The Labute approximate surface area is 148 Å². The Kier molecular flexibility index (Phi) is 4.16. The highest BCUT2D eigenvalue weighted by Gasteiger charge is 2.67. The van der Waals surface area contributed by atoms with Crippen LogP contribution in [0.5, 0.6) is 0 Å². The summed E-state index contributed by atoms with van der Waals surface area (Å²) in [5.74, 6) is -1.23. The van der Waals surface area contributed by atoms with Gasteiger partial charge in [0.2, 0.25) is 11.8 Å². The zero-order valence-corrected chi connectivity index (χ0v) is 15.6. The third-order valence-corrected chi connectivity index (χ3v) is 7.03.